The highest BCUT2D eigenvalue weighted by Gasteiger charge is 2.22. The fraction of sp³-hybridized carbons (Fsp3) is 0.333. The lowest BCUT2D eigenvalue weighted by Crippen LogP contribution is -2.35. The molecule has 1 aromatic heterocycles. The highest BCUT2D eigenvalue weighted by molar-refractivity contribution is 7.10. The van der Waals surface area contributed by atoms with Gasteiger partial charge in [-0.25, -0.2) is 0 Å². The van der Waals surface area contributed by atoms with Gasteiger partial charge in [0.15, 0.2) is 0 Å². The van der Waals surface area contributed by atoms with E-state index in [-0.39, 0.29) is 5.91 Å². The predicted molar refractivity (Wildman–Crippen MR) is 94.3 cm³/mol. The summed E-state index contributed by atoms with van der Waals surface area (Å²) < 4.78 is 0. The van der Waals surface area contributed by atoms with Gasteiger partial charge in [-0.3, -0.25) is 9.80 Å². The molecule has 23 heavy (non-hydrogen) atoms. The van der Waals surface area contributed by atoms with Crippen LogP contribution in [0.3, 0.4) is 0 Å². The average Bonchev–Trinajstić information content (AvgIpc) is 3.22. The summed E-state index contributed by atoms with van der Waals surface area (Å²) >= 11 is 1.80. The second kappa shape index (κ2) is 5.81. The Balaban J connectivity index is 1.49. The van der Waals surface area contributed by atoms with E-state index in [1.807, 2.05) is 41.1 Å². The van der Waals surface area contributed by atoms with Gasteiger partial charge in [0.25, 0.3) is 5.91 Å². The van der Waals surface area contributed by atoms with Gasteiger partial charge in [-0.1, -0.05) is 0 Å². The van der Waals surface area contributed by atoms with Gasteiger partial charge in [-0.2, -0.15) is 5.10 Å². The van der Waals surface area contributed by atoms with E-state index in [1.54, 1.807) is 11.3 Å². The third-order valence-corrected chi connectivity index (χ3v) is 5.51. The lowest BCUT2D eigenvalue weighted by Gasteiger charge is -2.27. The first kappa shape index (κ1) is 14.5. The summed E-state index contributed by atoms with van der Waals surface area (Å²) in [5.74, 6) is 0.120. The molecule has 0 atom stereocenters. The predicted octanol–water partition coefficient (Wildman–Crippen LogP) is 3.53. The summed E-state index contributed by atoms with van der Waals surface area (Å²) in [6.07, 6.45) is 1.98. The minimum atomic E-state index is 0.120. The molecule has 118 valence electrons. The van der Waals surface area contributed by atoms with Crippen LogP contribution in [0.15, 0.2) is 40.8 Å². The average molecular weight is 325 g/mol. The Labute approximate surface area is 140 Å². The summed E-state index contributed by atoms with van der Waals surface area (Å²) in [7, 11) is 0. The number of hydrogen-bond donors (Lipinski definition) is 0. The van der Waals surface area contributed by atoms with E-state index in [0.717, 1.165) is 49.4 Å². The van der Waals surface area contributed by atoms with Crippen LogP contribution in [0.4, 0.5) is 5.69 Å². The van der Waals surface area contributed by atoms with Crippen LogP contribution < -0.4 is 5.01 Å². The molecule has 5 heteroatoms. The van der Waals surface area contributed by atoms with Crippen molar-refractivity contribution >= 4 is 28.6 Å². The molecule has 0 bridgehead atoms. The smallest absolute Gasteiger partial charge is 0.254 e. The molecule has 2 aliphatic rings. The van der Waals surface area contributed by atoms with Gasteiger partial charge in [0.1, 0.15) is 0 Å². The van der Waals surface area contributed by atoms with Crippen molar-refractivity contribution in [1.29, 1.82) is 0 Å². The second-order valence-corrected chi connectivity index (χ2v) is 7.10. The molecule has 1 aromatic carbocycles. The largest absolute Gasteiger partial charge is 0.334 e. The molecule has 2 aliphatic heterocycles. The minimum absolute atomic E-state index is 0.120. The zero-order chi connectivity index (χ0) is 15.8. The van der Waals surface area contributed by atoms with Crippen molar-refractivity contribution in [2.45, 2.75) is 26.3 Å². The van der Waals surface area contributed by atoms with E-state index in [4.69, 9.17) is 0 Å². The Morgan fingerprint density at radius 1 is 1.13 bits per heavy atom. The van der Waals surface area contributed by atoms with Crippen molar-refractivity contribution in [2.75, 3.05) is 18.1 Å². The van der Waals surface area contributed by atoms with Crippen molar-refractivity contribution in [1.82, 2.24) is 4.90 Å². The van der Waals surface area contributed by atoms with Gasteiger partial charge in [0.05, 0.1) is 5.69 Å². The van der Waals surface area contributed by atoms with E-state index in [0.29, 0.717) is 0 Å². The van der Waals surface area contributed by atoms with Gasteiger partial charge < -0.3 is 4.90 Å². The van der Waals surface area contributed by atoms with Crippen LogP contribution >= 0.6 is 11.3 Å². The number of thiophene rings is 1. The molecule has 0 unspecified atom stereocenters. The van der Waals surface area contributed by atoms with Gasteiger partial charge in [-0.15, -0.1) is 11.3 Å². The molecule has 3 heterocycles. The van der Waals surface area contributed by atoms with Gasteiger partial charge in [-0.05, 0) is 54.6 Å². The van der Waals surface area contributed by atoms with Crippen molar-refractivity contribution < 1.29 is 4.79 Å². The molecule has 0 spiro atoms. The number of carbonyl (C=O) groups is 1. The maximum Gasteiger partial charge on any atom is 0.254 e. The maximum atomic E-state index is 12.7. The van der Waals surface area contributed by atoms with Crippen LogP contribution in [0.2, 0.25) is 0 Å². The van der Waals surface area contributed by atoms with E-state index in [9.17, 15) is 4.79 Å². The number of rotatable bonds is 2. The molecule has 1 amide bonds. The summed E-state index contributed by atoms with van der Waals surface area (Å²) in [6.45, 7) is 4.51. The third-order valence-electron chi connectivity index (χ3n) is 4.48. The van der Waals surface area contributed by atoms with E-state index < -0.39 is 0 Å². The van der Waals surface area contributed by atoms with E-state index >= 15 is 0 Å². The van der Waals surface area contributed by atoms with Crippen LogP contribution in [-0.2, 0) is 13.0 Å². The zero-order valence-corrected chi connectivity index (χ0v) is 14.0. The van der Waals surface area contributed by atoms with Crippen LogP contribution in [0, 0.1) is 0 Å². The molecular formula is C18H19N3OS. The Hall–Kier alpha value is -2.14. The van der Waals surface area contributed by atoms with Crippen LogP contribution in [-0.4, -0.2) is 29.6 Å². The summed E-state index contributed by atoms with van der Waals surface area (Å²) in [5, 5.41) is 8.62. The highest BCUT2D eigenvalue weighted by atomic mass is 32.1. The molecule has 0 N–H and O–H groups in total. The quantitative estimate of drug-likeness (QED) is 0.847. The van der Waals surface area contributed by atoms with Gasteiger partial charge in [0.2, 0.25) is 0 Å². The SMILES string of the molecule is CC1=NN(c2ccc(C(=O)N3CCc4sccc4C3)cc2)CC1. The maximum absolute atomic E-state index is 12.7. The molecular weight excluding hydrogens is 306 g/mol. The van der Waals surface area contributed by atoms with Gasteiger partial charge in [0, 0.05) is 42.2 Å². The number of benzene rings is 1. The molecule has 0 aliphatic carbocycles. The molecule has 0 radical (unpaired) electrons. The Bertz CT molecular complexity index is 763. The minimum Gasteiger partial charge on any atom is -0.334 e. The first-order chi connectivity index (χ1) is 11.2. The summed E-state index contributed by atoms with van der Waals surface area (Å²) in [6, 6.07) is 9.97. The Morgan fingerprint density at radius 2 is 1.96 bits per heavy atom. The van der Waals surface area contributed by atoms with Crippen molar-refractivity contribution in [3.8, 4) is 0 Å². The second-order valence-electron chi connectivity index (χ2n) is 6.10. The van der Waals surface area contributed by atoms with Crippen LogP contribution in [0.25, 0.3) is 0 Å². The van der Waals surface area contributed by atoms with Gasteiger partial charge >= 0.3 is 0 Å². The van der Waals surface area contributed by atoms with E-state index in [2.05, 4.69) is 16.5 Å². The molecule has 0 fully saturated rings. The normalized spacial score (nSPS) is 17.2. The van der Waals surface area contributed by atoms with Crippen molar-refractivity contribution in [3.63, 3.8) is 0 Å². The number of hydrazone groups is 1. The van der Waals surface area contributed by atoms with E-state index in [1.165, 1.54) is 10.4 Å². The first-order valence-electron chi connectivity index (χ1n) is 7.97. The molecule has 0 saturated carbocycles. The molecule has 4 nitrogen and oxygen atoms in total. The highest BCUT2D eigenvalue weighted by Crippen LogP contribution is 2.26. The third kappa shape index (κ3) is 2.77. The summed E-state index contributed by atoms with van der Waals surface area (Å²) in [4.78, 5) is 16.1. The molecule has 2 aromatic rings. The number of anilines is 1. The standard InChI is InChI=1S/C18H19N3OS/c1-13-6-10-21(19-13)16-4-2-14(3-5-16)18(22)20-9-7-17-15(12-20)8-11-23-17/h2-5,8,11H,6-7,9-10,12H2,1H3. The fourth-order valence-corrected chi connectivity index (χ4v) is 4.03. The Morgan fingerprint density at radius 3 is 2.70 bits per heavy atom. The Kier molecular flexibility index (Phi) is 3.65. The zero-order valence-electron chi connectivity index (χ0n) is 13.2. The van der Waals surface area contributed by atoms with Crippen LogP contribution in [0.1, 0.15) is 34.1 Å². The van der Waals surface area contributed by atoms with Crippen LogP contribution in [0.5, 0.6) is 0 Å². The molecule has 4 rings (SSSR count). The van der Waals surface area contributed by atoms with Crippen molar-refractivity contribution in [3.05, 3.63) is 51.7 Å². The number of nitrogens with zero attached hydrogens (tertiary/aromatic N) is 3. The lowest BCUT2D eigenvalue weighted by atomic mass is 10.1. The summed E-state index contributed by atoms with van der Waals surface area (Å²) in [5.41, 5.74) is 4.27. The monoisotopic (exact) mass is 325 g/mol. The number of amides is 1. The fourth-order valence-electron chi connectivity index (χ4n) is 3.14. The topological polar surface area (TPSA) is 35.9 Å². The lowest BCUT2D eigenvalue weighted by molar-refractivity contribution is 0.0736. The number of hydrogen-bond acceptors (Lipinski definition) is 4. The first-order valence-corrected chi connectivity index (χ1v) is 8.85. The van der Waals surface area contributed by atoms with Crippen molar-refractivity contribution in [2.24, 2.45) is 5.10 Å². The molecule has 0 saturated heterocycles. The number of fused-ring (bicyclic) bond motifs is 1. The number of carbonyl (C=O) groups excluding carboxylic acids is 1.